The number of benzene rings is 1. The summed E-state index contributed by atoms with van der Waals surface area (Å²) in [6, 6.07) is 7.21. The van der Waals surface area contributed by atoms with Crippen molar-refractivity contribution in [3.63, 3.8) is 0 Å². The molecule has 0 bridgehead atoms. The maximum atomic E-state index is 11.9. The second-order valence-corrected chi connectivity index (χ2v) is 5.08. The van der Waals surface area contributed by atoms with E-state index >= 15 is 0 Å². The Morgan fingerprint density at radius 3 is 2.33 bits per heavy atom. The minimum Gasteiger partial charge on any atom is -0.269 e. The number of nitrogens with zero attached hydrogens (tertiary/aromatic N) is 2. The summed E-state index contributed by atoms with van der Waals surface area (Å²) in [6.07, 6.45) is 3.14. The van der Waals surface area contributed by atoms with Gasteiger partial charge in [0, 0.05) is 16.7 Å². The largest absolute Gasteiger partial charge is 0.269 e. The molecule has 0 saturated carbocycles. The van der Waals surface area contributed by atoms with E-state index in [1.165, 1.54) is 6.08 Å². The Bertz CT molecular complexity index is 685. The van der Waals surface area contributed by atoms with Crippen LogP contribution in [0.5, 0.6) is 0 Å². The van der Waals surface area contributed by atoms with Crippen LogP contribution >= 0.6 is 11.6 Å². The molecule has 1 heterocycles. The van der Waals surface area contributed by atoms with Gasteiger partial charge >= 0.3 is 0 Å². The third-order valence-electron chi connectivity index (χ3n) is 3.12. The Morgan fingerprint density at radius 2 is 1.86 bits per heavy atom. The smallest absolute Gasteiger partial charge is 0.262 e. The van der Waals surface area contributed by atoms with E-state index in [4.69, 9.17) is 11.6 Å². The fraction of sp³-hybridized carbons (Fsp3) is 0.188. The van der Waals surface area contributed by atoms with Crippen LogP contribution in [0.25, 0.3) is 5.70 Å². The standard InChI is InChI=1S/C16H15ClN2O2/c1-4-14(12-5-7-13(17)8-6-12)18-11(3)19-15(20)9-10(2)16(19)21/h4-9H,1-3H3/b14-4-,18-11?. The van der Waals surface area contributed by atoms with Crippen LogP contribution in [0.1, 0.15) is 26.3 Å². The van der Waals surface area contributed by atoms with Crippen molar-refractivity contribution in [3.8, 4) is 0 Å². The first kappa shape index (κ1) is 15.2. The van der Waals surface area contributed by atoms with Gasteiger partial charge in [0.2, 0.25) is 0 Å². The fourth-order valence-corrected chi connectivity index (χ4v) is 2.16. The number of carbonyl (C=O) groups is 2. The van der Waals surface area contributed by atoms with Gasteiger partial charge in [-0.1, -0.05) is 29.8 Å². The van der Waals surface area contributed by atoms with Gasteiger partial charge in [0.15, 0.2) is 0 Å². The lowest BCUT2D eigenvalue weighted by Gasteiger charge is -2.14. The highest BCUT2D eigenvalue weighted by Gasteiger charge is 2.30. The molecule has 1 aromatic rings. The van der Waals surface area contributed by atoms with E-state index in [1.807, 2.05) is 25.1 Å². The number of carbonyl (C=O) groups excluding carboxylic acids is 2. The minimum atomic E-state index is -0.356. The molecule has 2 amide bonds. The first-order valence-corrected chi connectivity index (χ1v) is 6.86. The highest BCUT2D eigenvalue weighted by molar-refractivity contribution is 6.30. The first-order chi connectivity index (χ1) is 9.93. The molecule has 0 aliphatic carbocycles. The van der Waals surface area contributed by atoms with Crippen molar-refractivity contribution in [3.05, 3.63) is 52.6 Å². The molecule has 4 nitrogen and oxygen atoms in total. The molecule has 5 heteroatoms. The zero-order valence-electron chi connectivity index (χ0n) is 12.1. The molecular weight excluding hydrogens is 288 g/mol. The average molecular weight is 303 g/mol. The van der Waals surface area contributed by atoms with E-state index in [-0.39, 0.29) is 11.8 Å². The summed E-state index contributed by atoms with van der Waals surface area (Å²) in [4.78, 5) is 29.2. The van der Waals surface area contributed by atoms with Crippen LogP contribution < -0.4 is 0 Å². The van der Waals surface area contributed by atoms with Gasteiger partial charge in [0.25, 0.3) is 11.8 Å². The molecule has 2 rings (SSSR count). The molecule has 1 aromatic carbocycles. The molecule has 1 aliphatic heterocycles. The SMILES string of the molecule is C/C=C(\N=C(C)N1C(=O)C=C(C)C1=O)c1ccc(Cl)cc1. The van der Waals surface area contributed by atoms with Crippen LogP contribution in [-0.2, 0) is 9.59 Å². The Kier molecular flexibility index (Phi) is 4.38. The van der Waals surface area contributed by atoms with Crippen molar-refractivity contribution in [2.45, 2.75) is 20.8 Å². The van der Waals surface area contributed by atoms with Crippen LogP contribution in [0.2, 0.25) is 5.02 Å². The molecule has 0 spiro atoms. The maximum absolute atomic E-state index is 11.9. The Morgan fingerprint density at radius 1 is 1.24 bits per heavy atom. The molecule has 0 saturated heterocycles. The summed E-state index contributed by atoms with van der Waals surface area (Å²) in [6.45, 7) is 5.10. The average Bonchev–Trinajstić information content (AvgIpc) is 2.70. The summed E-state index contributed by atoms with van der Waals surface area (Å²) >= 11 is 5.86. The van der Waals surface area contributed by atoms with Crippen LogP contribution in [0, 0.1) is 0 Å². The van der Waals surface area contributed by atoms with Crippen molar-refractivity contribution in [2.24, 2.45) is 4.99 Å². The van der Waals surface area contributed by atoms with E-state index in [1.54, 1.807) is 26.0 Å². The fourth-order valence-electron chi connectivity index (χ4n) is 2.04. The molecule has 21 heavy (non-hydrogen) atoms. The van der Waals surface area contributed by atoms with Crippen molar-refractivity contribution in [1.82, 2.24) is 4.90 Å². The summed E-state index contributed by atoms with van der Waals surface area (Å²) in [5.41, 5.74) is 1.96. The van der Waals surface area contributed by atoms with Crippen LogP contribution in [0.15, 0.2) is 47.0 Å². The highest BCUT2D eigenvalue weighted by Crippen LogP contribution is 2.20. The normalized spacial score (nSPS) is 16.6. The quantitative estimate of drug-likeness (QED) is 0.477. The Hall–Kier alpha value is -2.20. The summed E-state index contributed by atoms with van der Waals surface area (Å²) in [7, 11) is 0. The maximum Gasteiger partial charge on any atom is 0.262 e. The predicted molar refractivity (Wildman–Crippen MR) is 83.8 cm³/mol. The van der Waals surface area contributed by atoms with Gasteiger partial charge in [-0.2, -0.15) is 0 Å². The van der Waals surface area contributed by atoms with Crippen LogP contribution in [0.3, 0.4) is 0 Å². The lowest BCUT2D eigenvalue weighted by Crippen LogP contribution is -2.35. The lowest BCUT2D eigenvalue weighted by molar-refractivity contribution is -0.132. The second kappa shape index (κ2) is 6.06. The van der Waals surface area contributed by atoms with Crippen LogP contribution in [0.4, 0.5) is 0 Å². The Balaban J connectivity index is 2.31. The highest BCUT2D eigenvalue weighted by atomic mass is 35.5. The molecule has 0 fully saturated rings. The van der Waals surface area contributed by atoms with Gasteiger partial charge in [-0.25, -0.2) is 9.89 Å². The number of amides is 2. The molecule has 0 aromatic heterocycles. The third kappa shape index (κ3) is 3.11. The van der Waals surface area contributed by atoms with Gasteiger partial charge in [-0.3, -0.25) is 9.59 Å². The molecular formula is C16H15ClN2O2. The van der Waals surface area contributed by atoms with Gasteiger partial charge in [-0.05, 0) is 38.5 Å². The summed E-state index contributed by atoms with van der Waals surface area (Å²) < 4.78 is 0. The zero-order chi connectivity index (χ0) is 15.6. The Labute approximate surface area is 128 Å². The molecule has 1 aliphatic rings. The number of imide groups is 1. The number of rotatable bonds is 2. The van der Waals surface area contributed by atoms with Gasteiger partial charge in [0.05, 0.1) is 5.70 Å². The van der Waals surface area contributed by atoms with E-state index < -0.39 is 0 Å². The molecule has 0 radical (unpaired) electrons. The molecule has 0 atom stereocenters. The summed E-state index contributed by atoms with van der Waals surface area (Å²) in [5, 5.41) is 0.639. The van der Waals surface area contributed by atoms with Crippen molar-refractivity contribution in [1.29, 1.82) is 0 Å². The first-order valence-electron chi connectivity index (χ1n) is 6.48. The van der Waals surface area contributed by atoms with Crippen LogP contribution in [-0.4, -0.2) is 22.5 Å². The number of halogens is 1. The molecule has 0 unspecified atom stereocenters. The van der Waals surface area contributed by atoms with Gasteiger partial charge in [-0.15, -0.1) is 0 Å². The van der Waals surface area contributed by atoms with E-state index in [2.05, 4.69) is 4.99 Å². The summed E-state index contributed by atoms with van der Waals surface area (Å²) in [5.74, 6) is -0.334. The number of aliphatic imine (C=N–C) groups is 1. The zero-order valence-corrected chi connectivity index (χ0v) is 12.8. The topological polar surface area (TPSA) is 49.7 Å². The van der Waals surface area contributed by atoms with Crippen molar-refractivity contribution < 1.29 is 9.59 Å². The minimum absolute atomic E-state index is 0.326. The number of allylic oxidation sites excluding steroid dienone is 1. The number of amidine groups is 1. The monoisotopic (exact) mass is 302 g/mol. The molecule has 0 N–H and O–H groups in total. The van der Waals surface area contributed by atoms with Crippen molar-refractivity contribution >= 4 is 34.9 Å². The number of hydrogen-bond donors (Lipinski definition) is 0. The molecule has 108 valence electrons. The van der Waals surface area contributed by atoms with E-state index in [9.17, 15) is 9.59 Å². The number of hydrogen-bond acceptors (Lipinski definition) is 3. The van der Waals surface area contributed by atoms with Crippen molar-refractivity contribution in [2.75, 3.05) is 0 Å². The van der Waals surface area contributed by atoms with Gasteiger partial charge < -0.3 is 0 Å². The van der Waals surface area contributed by atoms with E-state index in [0.29, 0.717) is 22.1 Å². The van der Waals surface area contributed by atoms with E-state index in [0.717, 1.165) is 10.5 Å². The second-order valence-electron chi connectivity index (χ2n) is 4.65. The lowest BCUT2D eigenvalue weighted by atomic mass is 10.1. The van der Waals surface area contributed by atoms with Gasteiger partial charge in [0.1, 0.15) is 5.84 Å². The predicted octanol–water partition coefficient (Wildman–Crippen LogP) is 3.43. The third-order valence-corrected chi connectivity index (χ3v) is 3.37.